The van der Waals surface area contributed by atoms with Gasteiger partial charge in [0.2, 0.25) is 5.91 Å². The van der Waals surface area contributed by atoms with E-state index in [1.807, 2.05) is 37.7 Å². The maximum absolute atomic E-state index is 12.4. The van der Waals surface area contributed by atoms with E-state index in [4.69, 9.17) is 0 Å². The van der Waals surface area contributed by atoms with E-state index in [-0.39, 0.29) is 5.91 Å². The Morgan fingerprint density at radius 3 is 2.33 bits per heavy atom. The molecule has 1 heterocycles. The van der Waals surface area contributed by atoms with Crippen LogP contribution in [0.15, 0.2) is 47.6 Å². The molecule has 7 heteroatoms. The van der Waals surface area contributed by atoms with Gasteiger partial charge in [-0.05, 0) is 56.5 Å². The summed E-state index contributed by atoms with van der Waals surface area (Å²) >= 11 is 3.25. The van der Waals surface area contributed by atoms with Crippen molar-refractivity contribution < 1.29 is 4.79 Å². The minimum Gasteiger partial charge on any atom is -0.325 e. The number of carbonyl (C=O) groups excluding carboxylic acids is 1. The zero-order valence-electron chi connectivity index (χ0n) is 17.9. The lowest BCUT2D eigenvalue weighted by Gasteiger charge is -2.09. The normalized spacial score (nSPS) is 10.9. The molecule has 0 aliphatic heterocycles. The number of nitrogens with zero attached hydrogens (tertiary/aromatic N) is 3. The van der Waals surface area contributed by atoms with Gasteiger partial charge < -0.3 is 9.88 Å². The molecule has 1 N–H and O–H groups in total. The fourth-order valence-corrected chi connectivity index (χ4v) is 4.92. The van der Waals surface area contributed by atoms with E-state index >= 15 is 0 Å². The van der Waals surface area contributed by atoms with Crippen LogP contribution in [0, 0.1) is 20.8 Å². The number of nitrogens with one attached hydrogen (secondary N) is 1. The number of carbonyl (C=O) groups is 1. The zero-order valence-corrected chi connectivity index (χ0v) is 19.6. The summed E-state index contributed by atoms with van der Waals surface area (Å²) in [7, 11) is 0. The second-order valence-electron chi connectivity index (χ2n) is 7.33. The topological polar surface area (TPSA) is 59.8 Å². The summed E-state index contributed by atoms with van der Waals surface area (Å²) in [5.41, 5.74) is 5.69. The van der Waals surface area contributed by atoms with Crippen LogP contribution in [0.25, 0.3) is 0 Å². The molecule has 0 aliphatic carbocycles. The predicted octanol–water partition coefficient (Wildman–Crippen LogP) is 5.39. The Kier molecular flexibility index (Phi) is 7.99. The van der Waals surface area contributed by atoms with Crippen molar-refractivity contribution in [3.63, 3.8) is 0 Å². The Labute approximate surface area is 187 Å². The molecule has 3 rings (SSSR count). The zero-order chi connectivity index (χ0) is 21.5. The average Bonchev–Trinajstić information content (AvgIpc) is 3.09. The van der Waals surface area contributed by atoms with Crippen LogP contribution in [-0.2, 0) is 22.8 Å². The summed E-state index contributed by atoms with van der Waals surface area (Å²) in [6, 6.07) is 14.7. The molecule has 0 bridgehead atoms. The first-order valence-corrected chi connectivity index (χ1v) is 12.1. The highest BCUT2D eigenvalue weighted by atomic mass is 32.2. The van der Waals surface area contributed by atoms with Crippen LogP contribution in [0.4, 0.5) is 5.69 Å². The summed E-state index contributed by atoms with van der Waals surface area (Å²) in [6.07, 6.45) is 0. The van der Waals surface area contributed by atoms with Crippen LogP contribution in [0.1, 0.15) is 35.0 Å². The molecule has 0 spiro atoms. The quantitative estimate of drug-likeness (QED) is 0.452. The van der Waals surface area contributed by atoms with Crippen LogP contribution in [-0.4, -0.2) is 26.4 Å². The molecule has 0 atom stereocenters. The number of thioether (sulfide) groups is 2. The minimum absolute atomic E-state index is 0.0362. The third-order valence-electron chi connectivity index (χ3n) is 4.57. The fraction of sp³-hybridized carbons (Fsp3) is 0.348. The van der Waals surface area contributed by atoms with Gasteiger partial charge in [0.25, 0.3) is 0 Å². The van der Waals surface area contributed by atoms with Crippen LogP contribution in [0.5, 0.6) is 0 Å². The first-order chi connectivity index (χ1) is 14.4. The second kappa shape index (κ2) is 10.7. The van der Waals surface area contributed by atoms with Crippen LogP contribution in [0.3, 0.4) is 0 Å². The average molecular weight is 441 g/mol. The Bertz CT molecular complexity index is 979. The standard InChI is InChI=1S/C23H28N4OS2/c1-5-27-21(14-29-13-19-8-6-16(2)7-9-19)25-26-23(27)30-15-22(28)24-20-11-17(3)10-18(4)12-20/h6-12H,5,13-15H2,1-4H3,(H,24,28). The first-order valence-electron chi connectivity index (χ1n) is 10.0. The number of hydrogen-bond donors (Lipinski definition) is 1. The van der Waals surface area contributed by atoms with Gasteiger partial charge in [-0.15, -0.1) is 22.0 Å². The number of amides is 1. The molecular formula is C23H28N4OS2. The van der Waals surface area contributed by atoms with Gasteiger partial charge in [-0.2, -0.15) is 0 Å². The molecule has 3 aromatic rings. The number of hydrogen-bond acceptors (Lipinski definition) is 5. The van der Waals surface area contributed by atoms with Gasteiger partial charge in [0.1, 0.15) is 5.82 Å². The Morgan fingerprint density at radius 1 is 0.967 bits per heavy atom. The molecular weight excluding hydrogens is 412 g/mol. The molecule has 1 amide bonds. The van der Waals surface area contributed by atoms with Crippen molar-refractivity contribution >= 4 is 35.1 Å². The van der Waals surface area contributed by atoms with Gasteiger partial charge in [0, 0.05) is 18.0 Å². The van der Waals surface area contributed by atoms with E-state index < -0.39 is 0 Å². The summed E-state index contributed by atoms with van der Waals surface area (Å²) in [5, 5.41) is 12.4. The molecule has 30 heavy (non-hydrogen) atoms. The van der Waals surface area contributed by atoms with E-state index in [0.717, 1.165) is 45.8 Å². The lowest BCUT2D eigenvalue weighted by atomic mass is 10.1. The largest absolute Gasteiger partial charge is 0.325 e. The van der Waals surface area contributed by atoms with Crippen LogP contribution < -0.4 is 5.32 Å². The second-order valence-corrected chi connectivity index (χ2v) is 9.26. The van der Waals surface area contributed by atoms with Gasteiger partial charge in [0.15, 0.2) is 5.16 Å². The predicted molar refractivity (Wildman–Crippen MR) is 127 cm³/mol. The number of anilines is 1. The molecule has 0 aliphatic rings. The van der Waals surface area contributed by atoms with Crippen molar-refractivity contribution in [1.82, 2.24) is 14.8 Å². The Morgan fingerprint density at radius 2 is 1.67 bits per heavy atom. The molecule has 0 saturated heterocycles. The maximum Gasteiger partial charge on any atom is 0.234 e. The Hall–Kier alpha value is -2.25. The van der Waals surface area contributed by atoms with E-state index in [0.29, 0.717) is 5.75 Å². The summed E-state index contributed by atoms with van der Waals surface area (Å²) < 4.78 is 2.09. The highest BCUT2D eigenvalue weighted by Gasteiger charge is 2.13. The molecule has 0 saturated carbocycles. The molecule has 0 fully saturated rings. The summed E-state index contributed by atoms with van der Waals surface area (Å²) in [4.78, 5) is 12.4. The summed E-state index contributed by atoms with van der Waals surface area (Å²) in [5.74, 6) is 2.96. The van der Waals surface area contributed by atoms with Crippen molar-refractivity contribution in [2.75, 3.05) is 11.1 Å². The van der Waals surface area contributed by atoms with Crippen molar-refractivity contribution in [3.05, 3.63) is 70.5 Å². The van der Waals surface area contributed by atoms with E-state index in [2.05, 4.69) is 64.3 Å². The molecule has 2 aromatic carbocycles. The van der Waals surface area contributed by atoms with Crippen LogP contribution in [0.2, 0.25) is 0 Å². The van der Waals surface area contributed by atoms with E-state index in [1.54, 1.807) is 0 Å². The van der Waals surface area contributed by atoms with E-state index in [1.165, 1.54) is 22.9 Å². The van der Waals surface area contributed by atoms with Gasteiger partial charge in [0.05, 0.1) is 11.5 Å². The number of rotatable bonds is 9. The van der Waals surface area contributed by atoms with Crippen molar-refractivity contribution in [3.8, 4) is 0 Å². The lowest BCUT2D eigenvalue weighted by Crippen LogP contribution is -2.15. The van der Waals surface area contributed by atoms with Gasteiger partial charge in [-0.25, -0.2) is 0 Å². The molecule has 0 radical (unpaired) electrons. The SMILES string of the molecule is CCn1c(CSCc2ccc(C)cc2)nnc1SCC(=O)Nc1cc(C)cc(C)c1. The molecule has 0 unspecified atom stereocenters. The molecule has 1 aromatic heterocycles. The van der Waals surface area contributed by atoms with Crippen molar-refractivity contribution in [2.24, 2.45) is 0 Å². The van der Waals surface area contributed by atoms with E-state index in [9.17, 15) is 4.79 Å². The maximum atomic E-state index is 12.4. The number of aryl methyl sites for hydroxylation is 3. The van der Waals surface area contributed by atoms with Crippen molar-refractivity contribution in [2.45, 2.75) is 50.9 Å². The molecule has 158 valence electrons. The van der Waals surface area contributed by atoms with Gasteiger partial charge in [-0.3, -0.25) is 4.79 Å². The first kappa shape index (κ1) is 22.4. The third-order valence-corrected chi connectivity index (χ3v) is 6.53. The molecule has 5 nitrogen and oxygen atoms in total. The third kappa shape index (κ3) is 6.37. The highest BCUT2D eigenvalue weighted by molar-refractivity contribution is 7.99. The monoisotopic (exact) mass is 440 g/mol. The smallest absolute Gasteiger partial charge is 0.234 e. The fourth-order valence-electron chi connectivity index (χ4n) is 3.17. The lowest BCUT2D eigenvalue weighted by molar-refractivity contribution is -0.113. The summed E-state index contributed by atoms with van der Waals surface area (Å²) in [6.45, 7) is 9.02. The minimum atomic E-state index is -0.0362. The van der Waals surface area contributed by atoms with Crippen molar-refractivity contribution in [1.29, 1.82) is 0 Å². The highest BCUT2D eigenvalue weighted by Crippen LogP contribution is 2.22. The number of aromatic nitrogens is 3. The van der Waals surface area contributed by atoms with Gasteiger partial charge >= 0.3 is 0 Å². The number of benzene rings is 2. The van der Waals surface area contributed by atoms with Gasteiger partial charge in [-0.1, -0.05) is 47.7 Å². The van der Waals surface area contributed by atoms with Crippen LogP contribution >= 0.6 is 23.5 Å². The Balaban J connectivity index is 1.53.